The number of carbonyl (C=O) groups is 1. The van der Waals surface area contributed by atoms with E-state index in [1.165, 1.54) is 0 Å². The van der Waals surface area contributed by atoms with Gasteiger partial charge in [0.2, 0.25) is 0 Å². The van der Waals surface area contributed by atoms with Crippen LogP contribution in [-0.2, 0) is 4.79 Å². The standard InChI is InChI=1S/C15H19N3O2/c1-10-4-3-7-15(8-10,14(19)20)18-13-12(9-16)6-5-11(2)17-13/h5-6,10H,3-4,7-8H2,1-2H3,(H,17,18)(H,19,20). The molecule has 2 unspecified atom stereocenters. The molecule has 1 heterocycles. The first-order chi connectivity index (χ1) is 9.47. The van der Waals surface area contributed by atoms with E-state index in [2.05, 4.69) is 23.3 Å². The highest BCUT2D eigenvalue weighted by Crippen LogP contribution is 2.35. The van der Waals surface area contributed by atoms with Gasteiger partial charge >= 0.3 is 5.97 Å². The van der Waals surface area contributed by atoms with Crippen molar-refractivity contribution >= 4 is 11.8 Å². The van der Waals surface area contributed by atoms with Crippen molar-refractivity contribution in [3.05, 3.63) is 23.4 Å². The minimum Gasteiger partial charge on any atom is -0.480 e. The number of anilines is 1. The highest BCUT2D eigenvalue weighted by molar-refractivity contribution is 5.83. The molecular formula is C15H19N3O2. The van der Waals surface area contributed by atoms with E-state index in [0.717, 1.165) is 18.5 Å². The molecule has 0 aliphatic heterocycles. The zero-order valence-corrected chi connectivity index (χ0v) is 11.8. The molecule has 2 N–H and O–H groups in total. The maximum atomic E-state index is 11.7. The van der Waals surface area contributed by atoms with Gasteiger partial charge in [-0.2, -0.15) is 5.26 Å². The number of nitriles is 1. The van der Waals surface area contributed by atoms with Crippen LogP contribution < -0.4 is 5.32 Å². The Hall–Kier alpha value is -2.09. The predicted octanol–water partition coefficient (Wildman–Crippen LogP) is 2.71. The van der Waals surface area contributed by atoms with E-state index in [4.69, 9.17) is 5.26 Å². The van der Waals surface area contributed by atoms with Crippen LogP contribution in [0.15, 0.2) is 12.1 Å². The van der Waals surface area contributed by atoms with Crippen molar-refractivity contribution in [3.63, 3.8) is 0 Å². The summed E-state index contributed by atoms with van der Waals surface area (Å²) in [5.41, 5.74) is 0.134. The second-order valence-electron chi connectivity index (χ2n) is 5.67. The lowest BCUT2D eigenvalue weighted by Gasteiger charge is -2.37. The number of rotatable bonds is 3. The predicted molar refractivity (Wildman–Crippen MR) is 75.3 cm³/mol. The molecule has 5 nitrogen and oxygen atoms in total. The van der Waals surface area contributed by atoms with Crippen molar-refractivity contribution in [1.29, 1.82) is 5.26 Å². The number of carboxylic acids is 1. The lowest BCUT2D eigenvalue weighted by molar-refractivity contribution is -0.144. The van der Waals surface area contributed by atoms with Crippen molar-refractivity contribution in [2.24, 2.45) is 5.92 Å². The van der Waals surface area contributed by atoms with E-state index >= 15 is 0 Å². The first kappa shape index (κ1) is 14.3. The third-order valence-electron chi connectivity index (χ3n) is 3.92. The van der Waals surface area contributed by atoms with Gasteiger partial charge in [-0.25, -0.2) is 9.78 Å². The Morgan fingerprint density at radius 1 is 1.60 bits per heavy atom. The van der Waals surface area contributed by atoms with Crippen LogP contribution >= 0.6 is 0 Å². The summed E-state index contributed by atoms with van der Waals surface area (Å²) < 4.78 is 0. The molecule has 20 heavy (non-hydrogen) atoms. The lowest BCUT2D eigenvalue weighted by Crippen LogP contribution is -2.50. The Bertz CT molecular complexity index is 565. The van der Waals surface area contributed by atoms with E-state index in [-0.39, 0.29) is 0 Å². The fourth-order valence-electron chi connectivity index (χ4n) is 2.88. The van der Waals surface area contributed by atoms with Crippen LogP contribution in [0.5, 0.6) is 0 Å². The normalized spacial score (nSPS) is 25.8. The smallest absolute Gasteiger partial charge is 0.329 e. The molecule has 106 valence electrons. The number of aliphatic carboxylic acids is 1. The number of hydrogen-bond donors (Lipinski definition) is 2. The Morgan fingerprint density at radius 2 is 2.35 bits per heavy atom. The summed E-state index contributed by atoms with van der Waals surface area (Å²) in [6.45, 7) is 3.89. The van der Waals surface area contributed by atoms with E-state index in [1.54, 1.807) is 12.1 Å². The van der Waals surface area contributed by atoms with Gasteiger partial charge in [0.05, 0.1) is 5.56 Å². The molecule has 1 aromatic heterocycles. The summed E-state index contributed by atoms with van der Waals surface area (Å²) in [6, 6.07) is 5.49. The Balaban J connectivity index is 2.36. The zero-order valence-electron chi connectivity index (χ0n) is 11.8. The largest absolute Gasteiger partial charge is 0.480 e. The van der Waals surface area contributed by atoms with E-state index in [1.807, 2.05) is 6.92 Å². The molecule has 1 fully saturated rings. The highest BCUT2D eigenvalue weighted by Gasteiger charge is 2.42. The molecule has 0 radical (unpaired) electrons. The molecule has 0 aromatic carbocycles. The Labute approximate surface area is 118 Å². The van der Waals surface area contributed by atoms with Crippen LogP contribution in [-0.4, -0.2) is 21.6 Å². The fourth-order valence-corrected chi connectivity index (χ4v) is 2.88. The van der Waals surface area contributed by atoms with E-state index in [9.17, 15) is 9.90 Å². The van der Waals surface area contributed by atoms with Gasteiger partial charge in [0.15, 0.2) is 0 Å². The van der Waals surface area contributed by atoms with Crippen LogP contribution in [0.3, 0.4) is 0 Å². The van der Waals surface area contributed by atoms with Crippen LogP contribution in [0.1, 0.15) is 43.9 Å². The summed E-state index contributed by atoms with van der Waals surface area (Å²) in [6.07, 6.45) is 3.03. The molecule has 0 amide bonds. The Morgan fingerprint density at radius 3 is 2.95 bits per heavy atom. The van der Waals surface area contributed by atoms with Crippen LogP contribution in [0.2, 0.25) is 0 Å². The van der Waals surface area contributed by atoms with Gasteiger partial charge < -0.3 is 10.4 Å². The van der Waals surface area contributed by atoms with Crippen molar-refractivity contribution < 1.29 is 9.90 Å². The minimum absolute atomic E-state index is 0.350. The second-order valence-corrected chi connectivity index (χ2v) is 5.67. The molecule has 0 saturated heterocycles. The molecular weight excluding hydrogens is 254 g/mol. The number of nitrogens with zero attached hydrogens (tertiary/aromatic N) is 2. The van der Waals surface area contributed by atoms with Gasteiger partial charge in [-0.1, -0.05) is 19.8 Å². The zero-order chi connectivity index (χ0) is 14.8. The first-order valence-electron chi connectivity index (χ1n) is 6.86. The van der Waals surface area contributed by atoms with Crippen molar-refractivity contribution in [3.8, 4) is 6.07 Å². The third kappa shape index (κ3) is 2.74. The third-order valence-corrected chi connectivity index (χ3v) is 3.92. The van der Waals surface area contributed by atoms with Crippen LogP contribution in [0, 0.1) is 24.2 Å². The van der Waals surface area contributed by atoms with Gasteiger partial charge in [0, 0.05) is 5.69 Å². The topological polar surface area (TPSA) is 86.0 Å². The average molecular weight is 273 g/mol. The van der Waals surface area contributed by atoms with Crippen molar-refractivity contribution in [2.45, 2.75) is 45.1 Å². The monoisotopic (exact) mass is 273 g/mol. The number of hydrogen-bond acceptors (Lipinski definition) is 4. The average Bonchev–Trinajstić information content (AvgIpc) is 2.39. The molecule has 0 bridgehead atoms. The molecule has 2 rings (SSSR count). The number of nitrogens with one attached hydrogen (secondary N) is 1. The molecule has 1 aliphatic carbocycles. The van der Waals surface area contributed by atoms with E-state index in [0.29, 0.717) is 30.1 Å². The molecule has 1 aromatic rings. The van der Waals surface area contributed by atoms with Gasteiger partial charge in [-0.05, 0) is 37.8 Å². The number of aromatic nitrogens is 1. The minimum atomic E-state index is -1.01. The second kappa shape index (κ2) is 5.49. The molecule has 1 aliphatic rings. The lowest BCUT2D eigenvalue weighted by atomic mass is 9.76. The van der Waals surface area contributed by atoms with Gasteiger partial charge in [-0.15, -0.1) is 0 Å². The maximum absolute atomic E-state index is 11.7. The fraction of sp³-hybridized carbons (Fsp3) is 0.533. The van der Waals surface area contributed by atoms with Crippen LogP contribution in [0.25, 0.3) is 0 Å². The van der Waals surface area contributed by atoms with Crippen molar-refractivity contribution in [2.75, 3.05) is 5.32 Å². The first-order valence-corrected chi connectivity index (χ1v) is 6.86. The molecule has 1 saturated carbocycles. The van der Waals surface area contributed by atoms with E-state index < -0.39 is 11.5 Å². The molecule has 2 atom stereocenters. The summed E-state index contributed by atoms with van der Waals surface area (Å²) in [7, 11) is 0. The maximum Gasteiger partial charge on any atom is 0.329 e. The Kier molecular flexibility index (Phi) is 3.93. The SMILES string of the molecule is Cc1ccc(C#N)c(NC2(C(=O)O)CCCC(C)C2)n1. The van der Waals surface area contributed by atoms with Gasteiger partial charge in [0.1, 0.15) is 17.4 Å². The summed E-state index contributed by atoms with van der Waals surface area (Å²) in [5, 5.41) is 21.8. The van der Waals surface area contributed by atoms with Crippen LogP contribution in [0.4, 0.5) is 5.82 Å². The van der Waals surface area contributed by atoms with Crippen molar-refractivity contribution in [1.82, 2.24) is 4.98 Å². The number of pyridine rings is 1. The summed E-state index contributed by atoms with van der Waals surface area (Å²) >= 11 is 0. The molecule has 0 spiro atoms. The molecule has 5 heteroatoms. The quantitative estimate of drug-likeness (QED) is 0.884. The van der Waals surface area contributed by atoms with Gasteiger partial charge in [0.25, 0.3) is 0 Å². The number of carboxylic acid groups (broad SMARTS) is 1. The van der Waals surface area contributed by atoms with Gasteiger partial charge in [-0.3, -0.25) is 0 Å². The highest BCUT2D eigenvalue weighted by atomic mass is 16.4. The summed E-state index contributed by atoms with van der Waals surface area (Å²) in [4.78, 5) is 16.0. The number of aryl methyl sites for hydroxylation is 1. The summed E-state index contributed by atoms with van der Waals surface area (Å²) in [5.74, 6) is -0.136.